The second-order valence-corrected chi connectivity index (χ2v) is 10.7. The van der Waals surface area contributed by atoms with Crippen molar-refractivity contribution in [2.45, 2.75) is 58.5 Å². The van der Waals surface area contributed by atoms with Crippen molar-refractivity contribution in [2.24, 2.45) is 5.73 Å². The lowest BCUT2D eigenvalue weighted by Gasteiger charge is -2.10. The molecular weight excluding hydrogens is 552 g/mol. The van der Waals surface area contributed by atoms with Gasteiger partial charge in [0.25, 0.3) is 0 Å². The number of carboxylic acid groups (broad SMARTS) is 2. The molecule has 1 heterocycles. The fraction of sp³-hybridized carbons (Fsp3) is 0.294. The van der Waals surface area contributed by atoms with E-state index < -0.39 is 11.9 Å². The highest BCUT2D eigenvalue weighted by Crippen LogP contribution is 2.31. The average Bonchev–Trinajstić information content (AvgIpc) is 3.22. The molecule has 0 bridgehead atoms. The van der Waals surface area contributed by atoms with Crippen LogP contribution in [0.1, 0.15) is 59.2 Å². The number of para-hydroxylation sites is 1. The number of benzene rings is 3. The molecule has 0 amide bonds. The molecule has 0 radical (unpaired) electrons. The van der Waals surface area contributed by atoms with Crippen LogP contribution in [0.25, 0.3) is 23.1 Å². The zero-order valence-corrected chi connectivity index (χ0v) is 24.6. The lowest BCUT2D eigenvalue weighted by Crippen LogP contribution is -2.10. The zero-order valence-electron chi connectivity index (χ0n) is 23.8. The van der Waals surface area contributed by atoms with Gasteiger partial charge in [-0.25, -0.2) is 0 Å². The number of rotatable bonds is 15. The van der Waals surface area contributed by atoms with Gasteiger partial charge in [0, 0.05) is 29.1 Å². The number of fused-ring (bicyclic) bond motifs is 1. The van der Waals surface area contributed by atoms with Crippen LogP contribution in [0.15, 0.2) is 60.7 Å². The summed E-state index contributed by atoms with van der Waals surface area (Å²) in [6.07, 6.45) is 7.92. The summed E-state index contributed by atoms with van der Waals surface area (Å²) in [5.41, 5.74) is 12.6. The molecular formula is C34H37ClN2O5. The van der Waals surface area contributed by atoms with E-state index in [1.807, 2.05) is 78.2 Å². The monoisotopic (exact) mass is 588 g/mol. The molecule has 0 saturated carbocycles. The van der Waals surface area contributed by atoms with E-state index in [-0.39, 0.29) is 13.0 Å². The van der Waals surface area contributed by atoms with E-state index in [1.165, 1.54) is 5.56 Å². The van der Waals surface area contributed by atoms with E-state index in [4.69, 9.17) is 27.2 Å². The average molecular weight is 589 g/mol. The third kappa shape index (κ3) is 7.81. The van der Waals surface area contributed by atoms with Gasteiger partial charge >= 0.3 is 11.9 Å². The molecule has 0 atom stereocenters. The number of hydrogen-bond donors (Lipinski definition) is 3. The molecule has 8 heteroatoms. The van der Waals surface area contributed by atoms with Gasteiger partial charge in [-0.1, -0.05) is 66.2 Å². The molecule has 1 aromatic heterocycles. The maximum atomic E-state index is 11.7. The van der Waals surface area contributed by atoms with Crippen molar-refractivity contribution >= 4 is 46.6 Å². The highest BCUT2D eigenvalue weighted by Gasteiger charge is 2.18. The normalized spacial score (nSPS) is 11.4. The van der Waals surface area contributed by atoms with Gasteiger partial charge in [-0.3, -0.25) is 9.59 Å². The minimum absolute atomic E-state index is 0.0724. The molecule has 7 nitrogen and oxygen atoms in total. The molecule has 0 aliphatic rings. The Labute approximate surface area is 251 Å². The fourth-order valence-corrected chi connectivity index (χ4v) is 5.64. The first-order valence-electron chi connectivity index (χ1n) is 14.2. The Hall–Kier alpha value is -4.07. The largest absolute Gasteiger partial charge is 0.494 e. The number of aromatic nitrogens is 1. The Morgan fingerprint density at radius 1 is 0.905 bits per heavy atom. The second kappa shape index (κ2) is 14.7. The van der Waals surface area contributed by atoms with E-state index in [2.05, 4.69) is 6.07 Å². The number of carbonyl (C=O) groups is 2. The Morgan fingerprint density at radius 3 is 2.38 bits per heavy atom. The minimum atomic E-state index is -0.925. The maximum Gasteiger partial charge on any atom is 0.323 e. The minimum Gasteiger partial charge on any atom is -0.494 e. The van der Waals surface area contributed by atoms with Gasteiger partial charge in [0.15, 0.2) is 0 Å². The van der Waals surface area contributed by atoms with Crippen molar-refractivity contribution in [2.75, 3.05) is 6.61 Å². The summed E-state index contributed by atoms with van der Waals surface area (Å²) >= 11 is 6.25. The predicted molar refractivity (Wildman–Crippen MR) is 168 cm³/mol. The summed E-state index contributed by atoms with van der Waals surface area (Å²) in [7, 11) is 0. The van der Waals surface area contributed by atoms with Crippen LogP contribution in [0.3, 0.4) is 0 Å². The number of hydrogen-bond acceptors (Lipinski definition) is 4. The van der Waals surface area contributed by atoms with Gasteiger partial charge in [-0.15, -0.1) is 0 Å². The topological polar surface area (TPSA) is 115 Å². The number of unbranched alkanes of at least 4 members (excludes halogenated alkanes) is 1. The molecule has 0 fully saturated rings. The Kier molecular flexibility index (Phi) is 10.8. The predicted octanol–water partition coefficient (Wildman–Crippen LogP) is 7.13. The van der Waals surface area contributed by atoms with Gasteiger partial charge in [-0.05, 0) is 85.0 Å². The van der Waals surface area contributed by atoms with Gasteiger partial charge in [0.05, 0.1) is 12.1 Å². The number of nitrogens with two attached hydrogens (primary N) is 1. The molecule has 0 unspecified atom stereocenters. The molecule has 42 heavy (non-hydrogen) atoms. The molecule has 220 valence electrons. The van der Waals surface area contributed by atoms with E-state index in [9.17, 15) is 14.7 Å². The summed E-state index contributed by atoms with van der Waals surface area (Å²) in [5, 5.41) is 20.3. The van der Waals surface area contributed by atoms with Gasteiger partial charge < -0.3 is 25.3 Å². The zero-order chi connectivity index (χ0) is 30.1. The lowest BCUT2D eigenvalue weighted by atomic mass is 10.0. The van der Waals surface area contributed by atoms with Crippen molar-refractivity contribution in [3.8, 4) is 5.75 Å². The molecule has 4 N–H and O–H groups in total. The Morgan fingerprint density at radius 2 is 1.67 bits per heavy atom. The number of aliphatic carboxylic acids is 2. The van der Waals surface area contributed by atoms with Crippen LogP contribution < -0.4 is 10.5 Å². The Balaban J connectivity index is 1.41. The van der Waals surface area contributed by atoms with Crippen molar-refractivity contribution in [3.05, 3.63) is 99.2 Å². The summed E-state index contributed by atoms with van der Waals surface area (Å²) < 4.78 is 7.76. The van der Waals surface area contributed by atoms with Crippen LogP contribution in [-0.4, -0.2) is 33.3 Å². The van der Waals surface area contributed by atoms with Gasteiger partial charge in [0.2, 0.25) is 0 Å². The molecule has 0 saturated heterocycles. The number of ether oxygens (including phenoxy) is 1. The standard InChI is InChI=1S/C34H37ClN2O5/c1-23-28(10-6-13-32(38)39)29-11-4-9-26(34(29)37(23)22-33(40)41)17-14-24-15-18-27(19-16-24)42-20-3-2-7-25-8-5-12-31(35)30(25)21-36/h4-5,8-9,11-12,14-19H,2-3,6-7,10,13,20-22,36H2,1H3,(H,38,39)(H,40,41)/b17-14+. The van der Waals surface area contributed by atoms with E-state index in [0.717, 1.165) is 68.9 Å². The quantitative estimate of drug-likeness (QED) is 0.101. The van der Waals surface area contributed by atoms with Crippen LogP contribution in [0.4, 0.5) is 0 Å². The highest BCUT2D eigenvalue weighted by molar-refractivity contribution is 6.31. The number of nitrogens with zero attached hydrogens (tertiary/aromatic N) is 1. The number of aryl methyl sites for hydroxylation is 2. The van der Waals surface area contributed by atoms with Crippen LogP contribution in [0, 0.1) is 6.92 Å². The third-order valence-corrected chi connectivity index (χ3v) is 7.83. The first-order chi connectivity index (χ1) is 20.3. The maximum absolute atomic E-state index is 11.7. The molecule has 0 spiro atoms. The second-order valence-electron chi connectivity index (χ2n) is 10.3. The van der Waals surface area contributed by atoms with E-state index in [0.29, 0.717) is 26.0 Å². The van der Waals surface area contributed by atoms with E-state index >= 15 is 0 Å². The summed E-state index contributed by atoms with van der Waals surface area (Å²) in [4.78, 5) is 22.7. The van der Waals surface area contributed by atoms with Crippen LogP contribution in [0.2, 0.25) is 5.02 Å². The summed E-state index contributed by atoms with van der Waals surface area (Å²) in [6.45, 7) is 2.79. The summed E-state index contributed by atoms with van der Waals surface area (Å²) in [6, 6.07) is 19.7. The van der Waals surface area contributed by atoms with Crippen LogP contribution in [0.5, 0.6) is 5.75 Å². The molecule has 0 aliphatic heterocycles. The Bertz CT molecular complexity index is 1570. The van der Waals surface area contributed by atoms with Gasteiger partial charge in [0.1, 0.15) is 12.3 Å². The number of carboxylic acids is 2. The van der Waals surface area contributed by atoms with Crippen molar-refractivity contribution < 1.29 is 24.5 Å². The highest BCUT2D eigenvalue weighted by atomic mass is 35.5. The SMILES string of the molecule is Cc1c(CCCC(=O)O)c2cccc(/C=C/c3ccc(OCCCCc4cccc(Cl)c4CN)cc3)c2n1CC(=O)O. The molecule has 4 rings (SSSR count). The number of halogens is 1. The molecule has 0 aliphatic carbocycles. The summed E-state index contributed by atoms with van der Waals surface area (Å²) in [5.74, 6) is -0.958. The first kappa shape index (κ1) is 30.9. The smallest absolute Gasteiger partial charge is 0.323 e. The molecule has 4 aromatic rings. The van der Waals surface area contributed by atoms with E-state index in [1.54, 1.807) is 0 Å². The van der Waals surface area contributed by atoms with Gasteiger partial charge in [-0.2, -0.15) is 0 Å². The van der Waals surface area contributed by atoms with Crippen molar-refractivity contribution in [1.29, 1.82) is 0 Å². The fourth-order valence-electron chi connectivity index (χ4n) is 5.37. The third-order valence-electron chi connectivity index (χ3n) is 7.48. The van der Waals surface area contributed by atoms with Crippen molar-refractivity contribution in [1.82, 2.24) is 4.57 Å². The molecule has 3 aromatic carbocycles. The van der Waals surface area contributed by atoms with Crippen LogP contribution >= 0.6 is 11.6 Å². The van der Waals surface area contributed by atoms with Crippen molar-refractivity contribution in [3.63, 3.8) is 0 Å². The van der Waals surface area contributed by atoms with Crippen LogP contribution in [-0.2, 0) is 35.5 Å². The lowest BCUT2D eigenvalue weighted by molar-refractivity contribution is -0.138. The first-order valence-corrected chi connectivity index (χ1v) is 14.6.